The molecule has 0 aliphatic rings. The summed E-state index contributed by atoms with van der Waals surface area (Å²) in [5, 5.41) is 0. The Kier molecular flexibility index (Phi) is 8.76. The van der Waals surface area contributed by atoms with Gasteiger partial charge in [0.25, 0.3) is 0 Å². The second-order valence-electron chi connectivity index (χ2n) is 3.11. The molecule has 0 unspecified atom stereocenters. The van der Waals surface area contributed by atoms with Crippen LogP contribution in [0.4, 0.5) is 0 Å². The highest BCUT2D eigenvalue weighted by Crippen LogP contribution is 1.93. The summed E-state index contributed by atoms with van der Waals surface area (Å²) >= 11 is 0. The van der Waals surface area contributed by atoms with Crippen LogP contribution in [0.5, 0.6) is 0 Å². The van der Waals surface area contributed by atoms with Gasteiger partial charge >= 0.3 is 23.9 Å². The van der Waals surface area contributed by atoms with E-state index in [1.165, 1.54) is 0 Å². The van der Waals surface area contributed by atoms with Crippen molar-refractivity contribution in [1.82, 2.24) is 0 Å². The Morgan fingerprint density at radius 3 is 1.32 bits per heavy atom. The lowest BCUT2D eigenvalue weighted by Crippen LogP contribution is -2.21. The van der Waals surface area contributed by atoms with Gasteiger partial charge in [-0.2, -0.15) is 0 Å². The first-order valence-electron chi connectivity index (χ1n) is 5.62. The van der Waals surface area contributed by atoms with Gasteiger partial charge in [0.15, 0.2) is 13.2 Å². The lowest BCUT2D eigenvalue weighted by molar-refractivity contribution is -0.165. The molecule has 0 heterocycles. The molecule has 0 rings (SSSR count). The SMILES string of the molecule is CCOC(=O)COC(=O)CC(=O)OCC(=O)OCC. The summed E-state index contributed by atoms with van der Waals surface area (Å²) in [5.41, 5.74) is 0. The molecule has 0 radical (unpaired) electrons. The topological polar surface area (TPSA) is 105 Å². The smallest absolute Gasteiger partial charge is 0.344 e. The van der Waals surface area contributed by atoms with Crippen LogP contribution in [0.1, 0.15) is 20.3 Å². The molecule has 8 nitrogen and oxygen atoms in total. The van der Waals surface area contributed by atoms with Crippen LogP contribution in [0.3, 0.4) is 0 Å². The Hall–Kier alpha value is -2.12. The van der Waals surface area contributed by atoms with Gasteiger partial charge in [0.1, 0.15) is 6.42 Å². The number of hydrogen-bond acceptors (Lipinski definition) is 8. The summed E-state index contributed by atoms with van der Waals surface area (Å²) in [6, 6.07) is 0. The molecule has 19 heavy (non-hydrogen) atoms. The third kappa shape index (κ3) is 9.57. The minimum Gasteiger partial charge on any atom is -0.463 e. The summed E-state index contributed by atoms with van der Waals surface area (Å²) in [5.74, 6) is -3.31. The van der Waals surface area contributed by atoms with Crippen LogP contribution < -0.4 is 0 Å². The summed E-state index contributed by atoms with van der Waals surface area (Å²) in [4.78, 5) is 43.9. The maximum absolute atomic E-state index is 11.1. The van der Waals surface area contributed by atoms with Crippen LogP contribution in [0.15, 0.2) is 0 Å². The summed E-state index contributed by atoms with van der Waals surface area (Å²) < 4.78 is 17.9. The first-order valence-corrected chi connectivity index (χ1v) is 5.62. The molecule has 0 saturated carbocycles. The van der Waals surface area contributed by atoms with E-state index in [1.54, 1.807) is 13.8 Å². The second-order valence-corrected chi connectivity index (χ2v) is 3.11. The zero-order valence-electron chi connectivity index (χ0n) is 10.8. The fourth-order valence-corrected chi connectivity index (χ4v) is 0.904. The monoisotopic (exact) mass is 276 g/mol. The molecule has 108 valence electrons. The van der Waals surface area contributed by atoms with Crippen molar-refractivity contribution < 1.29 is 38.1 Å². The minimum absolute atomic E-state index is 0.165. The molecule has 0 spiro atoms. The highest BCUT2D eigenvalue weighted by Gasteiger charge is 2.15. The fraction of sp³-hybridized carbons (Fsp3) is 0.636. The predicted octanol–water partition coefficient (Wildman–Crippen LogP) is -0.411. The van der Waals surface area contributed by atoms with Gasteiger partial charge in [0.05, 0.1) is 13.2 Å². The molecule has 0 aliphatic carbocycles. The molecule has 0 fully saturated rings. The molecule has 0 N–H and O–H groups in total. The highest BCUT2D eigenvalue weighted by atomic mass is 16.6. The van der Waals surface area contributed by atoms with Gasteiger partial charge in [-0.3, -0.25) is 9.59 Å². The van der Waals surface area contributed by atoms with E-state index >= 15 is 0 Å². The second kappa shape index (κ2) is 9.86. The molecular formula is C11H16O8. The normalized spacial score (nSPS) is 9.37. The molecule has 0 aromatic carbocycles. The zero-order valence-corrected chi connectivity index (χ0v) is 10.8. The average Bonchev–Trinajstić information content (AvgIpc) is 2.35. The van der Waals surface area contributed by atoms with Gasteiger partial charge in [-0.25, -0.2) is 9.59 Å². The Morgan fingerprint density at radius 2 is 1.00 bits per heavy atom. The standard InChI is InChI=1S/C11H16O8/c1-3-16-10(14)6-18-8(12)5-9(13)19-7-11(15)17-4-2/h3-7H2,1-2H3. The first-order chi connectivity index (χ1) is 8.99. The molecule has 0 bridgehead atoms. The van der Waals surface area contributed by atoms with Crippen LogP contribution in [-0.4, -0.2) is 50.3 Å². The van der Waals surface area contributed by atoms with Gasteiger partial charge < -0.3 is 18.9 Å². The van der Waals surface area contributed by atoms with E-state index in [9.17, 15) is 19.2 Å². The van der Waals surface area contributed by atoms with E-state index in [0.29, 0.717) is 0 Å². The van der Waals surface area contributed by atoms with Crippen molar-refractivity contribution in [2.75, 3.05) is 26.4 Å². The van der Waals surface area contributed by atoms with Gasteiger partial charge in [-0.15, -0.1) is 0 Å². The van der Waals surface area contributed by atoms with Crippen molar-refractivity contribution in [3.05, 3.63) is 0 Å². The number of carbonyl (C=O) groups excluding carboxylic acids is 4. The molecule has 0 aromatic rings. The van der Waals surface area contributed by atoms with Crippen molar-refractivity contribution >= 4 is 23.9 Å². The lowest BCUT2D eigenvalue weighted by atomic mass is 10.4. The number of ether oxygens (including phenoxy) is 4. The van der Waals surface area contributed by atoms with Crippen molar-refractivity contribution in [1.29, 1.82) is 0 Å². The van der Waals surface area contributed by atoms with Gasteiger partial charge in [-0.05, 0) is 13.8 Å². The molecule has 0 aromatic heterocycles. The fourth-order valence-electron chi connectivity index (χ4n) is 0.904. The van der Waals surface area contributed by atoms with E-state index in [1.807, 2.05) is 0 Å². The third-order valence-corrected chi connectivity index (χ3v) is 1.60. The third-order valence-electron chi connectivity index (χ3n) is 1.60. The van der Waals surface area contributed by atoms with Gasteiger partial charge in [0.2, 0.25) is 0 Å². The molecule has 0 aliphatic heterocycles. The summed E-state index contributed by atoms with van der Waals surface area (Å²) in [6.45, 7) is 2.39. The number of carbonyl (C=O) groups is 4. The Morgan fingerprint density at radius 1 is 0.632 bits per heavy atom. The van der Waals surface area contributed by atoms with Crippen LogP contribution in [-0.2, 0) is 38.1 Å². The molecule has 0 saturated heterocycles. The molecule has 8 heteroatoms. The Balaban J connectivity index is 3.78. The quantitative estimate of drug-likeness (QED) is 0.334. The molecular weight excluding hydrogens is 260 g/mol. The predicted molar refractivity (Wildman–Crippen MR) is 59.8 cm³/mol. The van der Waals surface area contributed by atoms with E-state index in [-0.39, 0.29) is 13.2 Å². The maximum atomic E-state index is 11.1. The Labute approximate surface area is 109 Å². The summed E-state index contributed by atoms with van der Waals surface area (Å²) in [6.07, 6.45) is -0.696. The minimum atomic E-state index is -0.943. The first kappa shape index (κ1) is 16.9. The van der Waals surface area contributed by atoms with Gasteiger partial charge in [-0.1, -0.05) is 0 Å². The highest BCUT2D eigenvalue weighted by molar-refractivity contribution is 5.92. The lowest BCUT2D eigenvalue weighted by Gasteiger charge is -2.05. The van der Waals surface area contributed by atoms with Crippen LogP contribution in [0.25, 0.3) is 0 Å². The van der Waals surface area contributed by atoms with Crippen LogP contribution in [0.2, 0.25) is 0 Å². The van der Waals surface area contributed by atoms with E-state index in [2.05, 4.69) is 18.9 Å². The van der Waals surface area contributed by atoms with Gasteiger partial charge in [0, 0.05) is 0 Å². The van der Waals surface area contributed by atoms with E-state index in [4.69, 9.17) is 0 Å². The van der Waals surface area contributed by atoms with Crippen LogP contribution in [0, 0.1) is 0 Å². The van der Waals surface area contributed by atoms with Crippen molar-refractivity contribution in [2.45, 2.75) is 20.3 Å². The van der Waals surface area contributed by atoms with E-state index in [0.717, 1.165) is 0 Å². The van der Waals surface area contributed by atoms with Crippen molar-refractivity contribution in [3.8, 4) is 0 Å². The molecule has 0 atom stereocenters. The molecule has 0 amide bonds. The maximum Gasteiger partial charge on any atom is 0.344 e. The number of rotatable bonds is 8. The number of hydrogen-bond donors (Lipinski definition) is 0. The summed E-state index contributed by atoms with van der Waals surface area (Å²) in [7, 11) is 0. The van der Waals surface area contributed by atoms with E-state index < -0.39 is 43.5 Å². The zero-order chi connectivity index (χ0) is 14.7. The van der Waals surface area contributed by atoms with Crippen molar-refractivity contribution in [2.24, 2.45) is 0 Å². The van der Waals surface area contributed by atoms with Crippen molar-refractivity contribution in [3.63, 3.8) is 0 Å². The Bertz CT molecular complexity index is 304. The average molecular weight is 276 g/mol. The largest absolute Gasteiger partial charge is 0.463 e. The van der Waals surface area contributed by atoms with Crippen LogP contribution >= 0.6 is 0 Å². The number of esters is 4.